The van der Waals surface area contributed by atoms with Crippen molar-refractivity contribution in [1.29, 1.82) is 5.26 Å². The maximum atomic E-state index is 14.2. The normalized spacial score (nSPS) is 30.1. The van der Waals surface area contributed by atoms with Gasteiger partial charge in [-0.15, -0.1) is 0 Å². The zero-order valence-corrected chi connectivity index (χ0v) is 22.6. The fourth-order valence-corrected chi connectivity index (χ4v) is 6.50. The average molecular weight is 539 g/mol. The number of nitrogens with zero attached hydrogens (tertiary/aromatic N) is 4. The first kappa shape index (κ1) is 26.7. The maximum absolute atomic E-state index is 14.2. The van der Waals surface area contributed by atoms with E-state index in [2.05, 4.69) is 21.7 Å². The molecule has 2 saturated heterocycles. The number of anilines is 1. The molecule has 1 spiro atoms. The lowest BCUT2D eigenvalue weighted by Crippen LogP contribution is -2.60. The second kappa shape index (κ2) is 9.70. The molecule has 5 rings (SSSR count). The standard InChI is InChI=1S/C27H34N6O6/c1-26(2,3)20(30-25(37)38-4)23(35)33-17-8-5-7-15(17)11-18(33)22(34)32-14-27(12-16(32)13-28)24(36)31-21-19(39-27)9-6-10-29-21/h6,9-10,15-18,20H,5,7-8,11-12,14H2,1-4H3,(H,30,37)(H,29,31,36)/t15?,16-,17-,18-,20+,27+/m0/s1. The van der Waals surface area contributed by atoms with Crippen LogP contribution in [-0.4, -0.2) is 82.0 Å². The molecule has 4 amide bonds. The first-order chi connectivity index (χ1) is 18.5. The molecule has 208 valence electrons. The molecule has 4 aliphatic rings. The first-order valence-electron chi connectivity index (χ1n) is 13.3. The number of hydrogen-bond acceptors (Lipinski definition) is 8. The van der Waals surface area contributed by atoms with Crippen LogP contribution in [0.15, 0.2) is 18.3 Å². The molecule has 1 aromatic heterocycles. The number of aromatic nitrogens is 1. The highest BCUT2D eigenvalue weighted by Crippen LogP contribution is 2.45. The Labute approximate surface area is 227 Å². The third kappa shape index (κ3) is 4.53. The molecule has 4 heterocycles. The van der Waals surface area contributed by atoms with E-state index in [0.29, 0.717) is 12.2 Å². The average Bonchev–Trinajstić information content (AvgIpc) is 3.60. The van der Waals surface area contributed by atoms with Crippen LogP contribution in [0.25, 0.3) is 0 Å². The van der Waals surface area contributed by atoms with Crippen molar-refractivity contribution in [2.45, 2.75) is 82.6 Å². The summed E-state index contributed by atoms with van der Waals surface area (Å²) in [5.41, 5.74) is -2.09. The van der Waals surface area contributed by atoms with Gasteiger partial charge in [0.15, 0.2) is 11.6 Å². The van der Waals surface area contributed by atoms with Crippen molar-refractivity contribution in [2.75, 3.05) is 19.0 Å². The summed E-state index contributed by atoms with van der Waals surface area (Å²) in [6, 6.07) is 2.73. The van der Waals surface area contributed by atoms with Gasteiger partial charge in [-0.05, 0) is 42.7 Å². The van der Waals surface area contributed by atoms with Crippen molar-refractivity contribution in [3.8, 4) is 11.8 Å². The van der Waals surface area contributed by atoms with Gasteiger partial charge in [0.1, 0.15) is 18.1 Å². The van der Waals surface area contributed by atoms with Crippen LogP contribution < -0.4 is 15.4 Å². The summed E-state index contributed by atoms with van der Waals surface area (Å²) in [4.78, 5) is 60.7. The van der Waals surface area contributed by atoms with Gasteiger partial charge in [-0.2, -0.15) is 5.26 Å². The summed E-state index contributed by atoms with van der Waals surface area (Å²) in [5, 5.41) is 15.4. The number of nitriles is 1. The zero-order chi connectivity index (χ0) is 28.1. The minimum absolute atomic E-state index is 0.00254. The maximum Gasteiger partial charge on any atom is 0.407 e. The second-order valence-electron chi connectivity index (χ2n) is 11.9. The number of carbonyl (C=O) groups excluding carboxylic acids is 4. The number of ether oxygens (including phenoxy) is 2. The lowest BCUT2D eigenvalue weighted by atomic mass is 9.85. The molecule has 6 atom stereocenters. The smallest absolute Gasteiger partial charge is 0.407 e. The molecular weight excluding hydrogens is 504 g/mol. The molecule has 1 aromatic rings. The summed E-state index contributed by atoms with van der Waals surface area (Å²) in [6.45, 7) is 5.39. The highest BCUT2D eigenvalue weighted by Gasteiger charge is 2.59. The number of carbonyl (C=O) groups is 4. The number of likely N-dealkylation sites (tertiary alicyclic amines) is 2. The number of fused-ring (bicyclic) bond motifs is 2. The summed E-state index contributed by atoms with van der Waals surface area (Å²) in [6.07, 6.45) is 3.86. The van der Waals surface area contributed by atoms with Crippen LogP contribution in [0.2, 0.25) is 0 Å². The number of rotatable bonds is 3. The molecular formula is C27H34N6O6. The molecule has 12 heteroatoms. The Morgan fingerprint density at radius 1 is 1.33 bits per heavy atom. The number of alkyl carbamates (subject to hydrolysis) is 1. The van der Waals surface area contributed by atoms with E-state index in [-0.39, 0.29) is 42.6 Å². The van der Waals surface area contributed by atoms with Gasteiger partial charge in [0.25, 0.3) is 5.91 Å². The van der Waals surface area contributed by atoms with Gasteiger partial charge in [-0.3, -0.25) is 14.4 Å². The number of hydrogen-bond donors (Lipinski definition) is 2. The van der Waals surface area contributed by atoms with Gasteiger partial charge < -0.3 is 29.9 Å². The van der Waals surface area contributed by atoms with Crippen molar-refractivity contribution in [3.63, 3.8) is 0 Å². The zero-order valence-electron chi connectivity index (χ0n) is 22.6. The van der Waals surface area contributed by atoms with E-state index in [9.17, 15) is 24.4 Å². The topological polar surface area (TPSA) is 154 Å². The largest absolute Gasteiger partial charge is 0.472 e. The highest BCUT2D eigenvalue weighted by molar-refractivity contribution is 6.01. The summed E-state index contributed by atoms with van der Waals surface area (Å²) in [5.74, 6) is -0.396. The fourth-order valence-electron chi connectivity index (χ4n) is 6.50. The van der Waals surface area contributed by atoms with Crippen LogP contribution in [0.5, 0.6) is 5.75 Å². The number of pyridine rings is 1. The molecule has 12 nitrogen and oxygen atoms in total. The van der Waals surface area contributed by atoms with Crippen LogP contribution >= 0.6 is 0 Å². The number of amides is 4. The van der Waals surface area contributed by atoms with Gasteiger partial charge in [-0.25, -0.2) is 9.78 Å². The summed E-state index contributed by atoms with van der Waals surface area (Å²) < 4.78 is 10.9. The van der Waals surface area contributed by atoms with Gasteiger partial charge in [-0.1, -0.05) is 27.2 Å². The molecule has 1 unspecified atom stereocenters. The third-order valence-corrected chi connectivity index (χ3v) is 8.42. The van der Waals surface area contributed by atoms with Crippen molar-refractivity contribution >= 4 is 29.6 Å². The quantitative estimate of drug-likeness (QED) is 0.591. The Morgan fingerprint density at radius 3 is 2.79 bits per heavy atom. The molecule has 3 aliphatic heterocycles. The van der Waals surface area contributed by atoms with E-state index in [0.717, 1.165) is 19.3 Å². The SMILES string of the molecule is COC(=O)N[C@H](C(=O)N1[C@H](C(=O)N2C[C@@]3(C[C@H]2C#N)Oc2cccnc2NC3=O)CC2CCC[C@@H]21)C(C)(C)C. The van der Waals surface area contributed by atoms with Gasteiger partial charge >= 0.3 is 6.09 Å². The van der Waals surface area contributed by atoms with Crippen LogP contribution in [0, 0.1) is 22.7 Å². The van der Waals surface area contributed by atoms with Crippen LogP contribution in [0.3, 0.4) is 0 Å². The Balaban J connectivity index is 1.44. The Hall–Kier alpha value is -3.88. The van der Waals surface area contributed by atoms with Gasteiger partial charge in [0.05, 0.1) is 19.7 Å². The predicted molar refractivity (Wildman–Crippen MR) is 137 cm³/mol. The van der Waals surface area contributed by atoms with E-state index in [1.165, 1.54) is 18.2 Å². The van der Waals surface area contributed by atoms with E-state index in [4.69, 9.17) is 9.47 Å². The van der Waals surface area contributed by atoms with Crippen LogP contribution in [0.4, 0.5) is 10.6 Å². The Kier molecular flexibility index (Phi) is 6.64. The summed E-state index contributed by atoms with van der Waals surface area (Å²) in [7, 11) is 1.23. The molecule has 1 aliphatic carbocycles. The van der Waals surface area contributed by atoms with E-state index < -0.39 is 41.1 Å². The van der Waals surface area contributed by atoms with Crippen molar-refractivity contribution in [1.82, 2.24) is 20.1 Å². The Bertz CT molecular complexity index is 1240. The fraction of sp³-hybridized carbons (Fsp3) is 0.630. The minimum Gasteiger partial charge on any atom is -0.472 e. The van der Waals surface area contributed by atoms with E-state index in [1.807, 2.05) is 20.8 Å². The minimum atomic E-state index is -1.43. The van der Waals surface area contributed by atoms with Crippen molar-refractivity contribution < 1.29 is 28.7 Å². The van der Waals surface area contributed by atoms with Gasteiger partial charge in [0, 0.05) is 18.7 Å². The number of methoxy groups -OCH3 is 1. The molecule has 0 aromatic carbocycles. The molecule has 0 bridgehead atoms. The Morgan fingerprint density at radius 2 is 2.10 bits per heavy atom. The molecule has 0 radical (unpaired) electrons. The lowest BCUT2D eigenvalue weighted by molar-refractivity contribution is -0.149. The molecule has 39 heavy (non-hydrogen) atoms. The number of nitrogens with one attached hydrogen (secondary N) is 2. The lowest BCUT2D eigenvalue weighted by Gasteiger charge is -2.38. The van der Waals surface area contributed by atoms with Crippen LogP contribution in [-0.2, 0) is 19.1 Å². The predicted octanol–water partition coefficient (Wildman–Crippen LogP) is 1.82. The van der Waals surface area contributed by atoms with E-state index in [1.54, 1.807) is 17.0 Å². The van der Waals surface area contributed by atoms with Crippen molar-refractivity contribution in [2.24, 2.45) is 11.3 Å². The third-order valence-electron chi connectivity index (χ3n) is 8.42. The second-order valence-corrected chi connectivity index (χ2v) is 11.9. The van der Waals surface area contributed by atoms with E-state index >= 15 is 0 Å². The highest BCUT2D eigenvalue weighted by atomic mass is 16.5. The van der Waals surface area contributed by atoms with Crippen molar-refractivity contribution in [3.05, 3.63) is 18.3 Å². The monoisotopic (exact) mass is 538 g/mol. The first-order valence-corrected chi connectivity index (χ1v) is 13.3. The van der Waals surface area contributed by atoms with Crippen LogP contribution in [0.1, 0.15) is 52.9 Å². The van der Waals surface area contributed by atoms with Gasteiger partial charge in [0.2, 0.25) is 17.4 Å². The summed E-state index contributed by atoms with van der Waals surface area (Å²) >= 11 is 0. The molecule has 3 fully saturated rings. The molecule has 2 N–H and O–H groups in total. The molecule has 1 saturated carbocycles.